The summed E-state index contributed by atoms with van der Waals surface area (Å²) in [6, 6.07) is 4.80. The number of hydrogen-bond acceptors (Lipinski definition) is 6. The van der Waals surface area contributed by atoms with E-state index in [2.05, 4.69) is 32.2 Å². The van der Waals surface area contributed by atoms with Gasteiger partial charge in [-0.3, -0.25) is 4.99 Å². The fraction of sp³-hybridized carbons (Fsp3) is 0.435. The van der Waals surface area contributed by atoms with E-state index in [9.17, 15) is 21.6 Å². The SMILES string of the molecule is O=S(=O)(c1cccc(OC(F)(F)F)c1)[C@H]1CNC2=C(CCCC2N2C=C3C=NC=CC3C2)C1. The second kappa shape index (κ2) is 8.23. The monoisotopic (exact) mass is 479 g/mol. The van der Waals surface area contributed by atoms with Crippen LogP contribution >= 0.6 is 0 Å². The van der Waals surface area contributed by atoms with Crippen LogP contribution in [0.3, 0.4) is 0 Å². The minimum atomic E-state index is -4.88. The third-order valence-corrected chi connectivity index (χ3v) is 8.77. The van der Waals surface area contributed by atoms with Crippen molar-refractivity contribution in [1.29, 1.82) is 0 Å². The van der Waals surface area contributed by atoms with Gasteiger partial charge < -0.3 is 15.0 Å². The molecule has 0 bridgehead atoms. The van der Waals surface area contributed by atoms with E-state index in [1.54, 1.807) is 0 Å². The molecule has 0 radical (unpaired) electrons. The molecule has 0 saturated carbocycles. The molecule has 3 atom stereocenters. The van der Waals surface area contributed by atoms with Crippen LogP contribution in [0.2, 0.25) is 0 Å². The maximum absolute atomic E-state index is 13.2. The van der Waals surface area contributed by atoms with E-state index in [1.807, 2.05) is 12.4 Å². The Kier molecular flexibility index (Phi) is 5.50. The predicted molar refractivity (Wildman–Crippen MR) is 117 cm³/mol. The van der Waals surface area contributed by atoms with E-state index in [4.69, 9.17) is 0 Å². The second-order valence-electron chi connectivity index (χ2n) is 8.75. The van der Waals surface area contributed by atoms with Crippen molar-refractivity contribution in [3.05, 3.63) is 59.6 Å². The summed E-state index contributed by atoms with van der Waals surface area (Å²) in [6.07, 6.45) is 6.20. The molecule has 4 aliphatic rings. The van der Waals surface area contributed by atoms with Gasteiger partial charge in [-0.05, 0) is 55.0 Å². The number of alkyl halides is 3. The quantitative estimate of drug-likeness (QED) is 0.709. The molecule has 0 fully saturated rings. The van der Waals surface area contributed by atoms with Crippen LogP contribution in [0.5, 0.6) is 5.75 Å². The second-order valence-corrected chi connectivity index (χ2v) is 11.0. The molecule has 1 N–H and O–H groups in total. The van der Waals surface area contributed by atoms with Crippen molar-refractivity contribution in [3.8, 4) is 5.75 Å². The summed E-state index contributed by atoms with van der Waals surface area (Å²) in [5.41, 5.74) is 3.37. The van der Waals surface area contributed by atoms with Crippen molar-refractivity contribution in [3.63, 3.8) is 0 Å². The van der Waals surface area contributed by atoms with Crippen LogP contribution in [-0.4, -0.2) is 50.3 Å². The van der Waals surface area contributed by atoms with E-state index < -0.39 is 27.2 Å². The first-order chi connectivity index (χ1) is 15.7. The first-order valence-corrected chi connectivity index (χ1v) is 12.5. The van der Waals surface area contributed by atoms with Gasteiger partial charge in [0.2, 0.25) is 0 Å². The van der Waals surface area contributed by atoms with Crippen molar-refractivity contribution in [1.82, 2.24) is 10.2 Å². The van der Waals surface area contributed by atoms with Crippen LogP contribution in [0.1, 0.15) is 25.7 Å². The summed E-state index contributed by atoms with van der Waals surface area (Å²) in [7, 11) is -3.84. The molecule has 5 rings (SSSR count). The zero-order valence-corrected chi connectivity index (χ0v) is 18.6. The van der Waals surface area contributed by atoms with E-state index in [1.165, 1.54) is 17.7 Å². The fourth-order valence-corrected chi connectivity index (χ4v) is 6.77. The van der Waals surface area contributed by atoms with E-state index in [0.29, 0.717) is 12.3 Å². The van der Waals surface area contributed by atoms with Gasteiger partial charge in [0.15, 0.2) is 9.84 Å². The van der Waals surface area contributed by atoms with Crippen molar-refractivity contribution in [2.75, 3.05) is 13.1 Å². The first-order valence-electron chi connectivity index (χ1n) is 10.9. The number of rotatable bonds is 4. The van der Waals surface area contributed by atoms with Crippen LogP contribution in [0.25, 0.3) is 0 Å². The average molecular weight is 480 g/mol. The van der Waals surface area contributed by atoms with Gasteiger partial charge in [0.1, 0.15) is 5.75 Å². The summed E-state index contributed by atoms with van der Waals surface area (Å²) < 4.78 is 68.1. The van der Waals surface area contributed by atoms with Crippen LogP contribution in [0.15, 0.2) is 69.5 Å². The average Bonchev–Trinajstić information content (AvgIpc) is 3.21. The summed E-state index contributed by atoms with van der Waals surface area (Å²) in [5, 5.41) is 2.63. The number of allylic oxidation sites excluding steroid dienone is 1. The highest BCUT2D eigenvalue weighted by Crippen LogP contribution is 2.38. The van der Waals surface area contributed by atoms with Gasteiger partial charge in [0.25, 0.3) is 0 Å². The van der Waals surface area contributed by atoms with Gasteiger partial charge in [0.05, 0.1) is 16.2 Å². The molecule has 0 spiro atoms. The number of fused-ring (bicyclic) bond motifs is 1. The van der Waals surface area contributed by atoms with Gasteiger partial charge in [-0.1, -0.05) is 12.1 Å². The molecule has 1 aromatic rings. The van der Waals surface area contributed by atoms with Crippen LogP contribution in [0.4, 0.5) is 13.2 Å². The summed E-state index contributed by atoms with van der Waals surface area (Å²) in [4.78, 5) is 6.36. The Morgan fingerprint density at radius 2 is 2.09 bits per heavy atom. The maximum atomic E-state index is 13.2. The van der Waals surface area contributed by atoms with Crippen LogP contribution < -0.4 is 10.1 Å². The molecule has 1 aromatic carbocycles. The number of aliphatic imine (C=N–C) groups is 1. The number of nitrogens with one attached hydrogen (secondary N) is 1. The van der Waals surface area contributed by atoms with E-state index >= 15 is 0 Å². The van der Waals surface area contributed by atoms with Crippen molar-refractivity contribution < 1.29 is 26.3 Å². The Bertz CT molecular complexity index is 1170. The van der Waals surface area contributed by atoms with Crippen LogP contribution in [0, 0.1) is 5.92 Å². The Morgan fingerprint density at radius 1 is 1.24 bits per heavy atom. The lowest BCUT2D eigenvalue weighted by atomic mass is 9.86. The lowest BCUT2D eigenvalue weighted by Gasteiger charge is -2.40. The molecule has 0 amide bonds. The molecule has 33 heavy (non-hydrogen) atoms. The third-order valence-electron chi connectivity index (χ3n) is 6.65. The molecule has 1 aliphatic carbocycles. The van der Waals surface area contributed by atoms with Gasteiger partial charge >= 0.3 is 6.36 Å². The molecule has 10 heteroatoms. The number of nitrogens with zero attached hydrogens (tertiary/aromatic N) is 2. The number of sulfone groups is 1. The Morgan fingerprint density at radius 3 is 2.88 bits per heavy atom. The van der Waals surface area contributed by atoms with Gasteiger partial charge in [-0.15, -0.1) is 13.2 Å². The summed E-state index contributed by atoms with van der Waals surface area (Å²) in [6.45, 7) is 1.09. The number of benzene rings is 1. The zero-order valence-electron chi connectivity index (χ0n) is 17.8. The normalized spacial score (nSPS) is 27.1. The number of halogens is 3. The Balaban J connectivity index is 1.35. The minimum Gasteiger partial charge on any atom is -0.406 e. The lowest BCUT2D eigenvalue weighted by molar-refractivity contribution is -0.274. The third kappa shape index (κ3) is 4.40. The maximum Gasteiger partial charge on any atom is 0.573 e. The van der Waals surface area contributed by atoms with Crippen LogP contribution in [-0.2, 0) is 9.84 Å². The highest BCUT2D eigenvalue weighted by atomic mass is 32.2. The minimum absolute atomic E-state index is 0.160. The fourth-order valence-electron chi connectivity index (χ4n) is 5.11. The standard InChI is InChI=1S/C23H24F3N3O3S/c24-23(25,26)32-18-4-2-5-19(10-18)33(30,31)20-9-15-3-1-6-21(22(15)28-12-20)29-13-16-7-8-27-11-17(16)14-29/h2,4-5,7-8,10-11,14,16,20-21,28H,1,3,6,9,12-13H2/t16?,20-,21?/m1/s1. The Labute approximate surface area is 190 Å². The molecule has 3 heterocycles. The van der Waals surface area contributed by atoms with Gasteiger partial charge in [-0.25, -0.2) is 8.42 Å². The molecule has 0 saturated heterocycles. The molecular formula is C23H24F3N3O3S. The Hall–Kier alpha value is -2.75. The zero-order chi connectivity index (χ0) is 23.2. The predicted octanol–water partition coefficient (Wildman–Crippen LogP) is 3.94. The van der Waals surface area contributed by atoms with Crippen molar-refractivity contribution >= 4 is 16.1 Å². The van der Waals surface area contributed by atoms with Gasteiger partial charge in [0, 0.05) is 43.3 Å². The van der Waals surface area contributed by atoms with E-state index in [0.717, 1.165) is 49.2 Å². The molecule has 6 nitrogen and oxygen atoms in total. The van der Waals surface area contributed by atoms with Crippen molar-refractivity contribution in [2.45, 2.75) is 48.2 Å². The summed E-state index contributed by atoms with van der Waals surface area (Å²) >= 11 is 0. The van der Waals surface area contributed by atoms with Crippen molar-refractivity contribution in [2.24, 2.45) is 10.9 Å². The highest BCUT2D eigenvalue weighted by Gasteiger charge is 2.39. The summed E-state index contributed by atoms with van der Waals surface area (Å²) in [5.74, 6) is -0.206. The number of ether oxygens (including phenoxy) is 1. The topological polar surface area (TPSA) is 71.0 Å². The smallest absolute Gasteiger partial charge is 0.406 e. The molecular weight excluding hydrogens is 455 g/mol. The molecule has 176 valence electrons. The molecule has 3 aliphatic heterocycles. The van der Waals surface area contributed by atoms with Gasteiger partial charge in [-0.2, -0.15) is 0 Å². The molecule has 0 aromatic heterocycles. The van der Waals surface area contributed by atoms with E-state index in [-0.39, 0.29) is 17.5 Å². The largest absolute Gasteiger partial charge is 0.573 e. The highest BCUT2D eigenvalue weighted by molar-refractivity contribution is 7.92. The lowest BCUT2D eigenvalue weighted by Crippen LogP contribution is -2.46. The first kappa shape index (κ1) is 22.1. The molecule has 2 unspecified atom stereocenters. The number of hydrogen-bond donors (Lipinski definition) is 1.